The number of likely N-dealkylation sites (tertiary alicyclic amines) is 1. The molecule has 0 aliphatic carbocycles. The molecule has 2 heterocycles. The van der Waals surface area contributed by atoms with Crippen molar-refractivity contribution in [2.24, 2.45) is 0 Å². The number of hydrogen-bond acceptors (Lipinski definition) is 3. The lowest BCUT2D eigenvalue weighted by atomic mass is 10.0. The maximum atomic E-state index is 12.6. The van der Waals surface area contributed by atoms with Crippen LogP contribution in [0.4, 0.5) is 0 Å². The number of benzene rings is 1. The van der Waals surface area contributed by atoms with Gasteiger partial charge in [-0.2, -0.15) is 0 Å². The van der Waals surface area contributed by atoms with E-state index in [1.165, 1.54) is 5.56 Å². The van der Waals surface area contributed by atoms with Gasteiger partial charge in [0.25, 0.3) is 0 Å². The molecule has 1 aromatic heterocycles. The summed E-state index contributed by atoms with van der Waals surface area (Å²) in [5.74, 6) is 0.185. The SMILES string of the molecule is Cc1ccc2c(CC(=O)N3CCC(OCCCO)CC3)c[nH]c2c1. The third-order valence-electron chi connectivity index (χ3n) is 4.72. The summed E-state index contributed by atoms with van der Waals surface area (Å²) in [6, 6.07) is 6.28. The maximum Gasteiger partial charge on any atom is 0.227 e. The lowest BCUT2D eigenvalue weighted by Crippen LogP contribution is -2.41. The van der Waals surface area contributed by atoms with Gasteiger partial charge in [0.1, 0.15) is 0 Å². The standard InChI is InChI=1S/C19H26N2O3/c1-14-3-4-17-15(13-20-18(17)11-14)12-19(23)21-7-5-16(6-8-21)24-10-2-9-22/h3-4,11,13,16,20,22H,2,5-10,12H2,1H3. The highest BCUT2D eigenvalue weighted by Gasteiger charge is 2.23. The number of carbonyl (C=O) groups excluding carboxylic acids is 1. The molecule has 1 aliphatic rings. The van der Waals surface area contributed by atoms with Crippen molar-refractivity contribution in [3.05, 3.63) is 35.5 Å². The fourth-order valence-corrected chi connectivity index (χ4v) is 3.31. The summed E-state index contributed by atoms with van der Waals surface area (Å²) in [7, 11) is 0. The molecule has 0 saturated carbocycles. The van der Waals surface area contributed by atoms with E-state index in [1.807, 2.05) is 11.1 Å². The van der Waals surface area contributed by atoms with Crippen LogP contribution in [-0.4, -0.2) is 53.3 Å². The Balaban J connectivity index is 1.54. The van der Waals surface area contributed by atoms with Gasteiger partial charge in [-0.05, 0) is 43.4 Å². The Bertz CT molecular complexity index is 687. The summed E-state index contributed by atoms with van der Waals surface area (Å²) >= 11 is 0. The number of aryl methyl sites for hydroxylation is 1. The molecule has 0 spiro atoms. The molecule has 1 aliphatic heterocycles. The first kappa shape index (κ1) is 17.0. The smallest absolute Gasteiger partial charge is 0.227 e. The first-order valence-corrected chi connectivity index (χ1v) is 8.74. The number of H-pyrrole nitrogens is 1. The number of carbonyl (C=O) groups is 1. The lowest BCUT2D eigenvalue weighted by Gasteiger charge is -2.32. The molecular weight excluding hydrogens is 304 g/mol. The molecule has 1 fully saturated rings. The molecule has 1 amide bonds. The summed E-state index contributed by atoms with van der Waals surface area (Å²) in [5.41, 5.74) is 3.37. The van der Waals surface area contributed by atoms with Gasteiger partial charge in [0.15, 0.2) is 0 Å². The second-order valence-electron chi connectivity index (χ2n) is 6.57. The first-order valence-electron chi connectivity index (χ1n) is 8.74. The number of rotatable bonds is 6. The highest BCUT2D eigenvalue weighted by atomic mass is 16.5. The molecule has 1 aromatic carbocycles. The van der Waals surface area contributed by atoms with E-state index in [1.54, 1.807) is 0 Å². The number of nitrogens with one attached hydrogen (secondary N) is 1. The molecule has 1 saturated heterocycles. The summed E-state index contributed by atoms with van der Waals surface area (Å²) < 4.78 is 5.72. The Morgan fingerprint density at radius 3 is 2.92 bits per heavy atom. The first-order chi connectivity index (χ1) is 11.7. The largest absolute Gasteiger partial charge is 0.396 e. The van der Waals surface area contributed by atoms with Crippen molar-refractivity contribution >= 4 is 16.8 Å². The van der Waals surface area contributed by atoms with E-state index in [0.717, 1.165) is 42.4 Å². The van der Waals surface area contributed by atoms with Crippen LogP contribution < -0.4 is 0 Å². The number of aromatic amines is 1. The maximum absolute atomic E-state index is 12.6. The molecule has 0 unspecified atom stereocenters. The highest BCUT2D eigenvalue weighted by molar-refractivity contribution is 5.89. The number of aromatic nitrogens is 1. The van der Waals surface area contributed by atoms with Crippen molar-refractivity contribution in [1.29, 1.82) is 0 Å². The zero-order chi connectivity index (χ0) is 16.9. The summed E-state index contributed by atoms with van der Waals surface area (Å²) in [4.78, 5) is 17.8. The molecule has 0 radical (unpaired) electrons. The molecule has 2 aromatic rings. The monoisotopic (exact) mass is 330 g/mol. The van der Waals surface area contributed by atoms with E-state index < -0.39 is 0 Å². The molecule has 0 bridgehead atoms. The molecule has 3 rings (SSSR count). The zero-order valence-electron chi connectivity index (χ0n) is 14.3. The highest BCUT2D eigenvalue weighted by Crippen LogP contribution is 2.21. The summed E-state index contributed by atoms with van der Waals surface area (Å²) in [6.45, 7) is 4.34. The Morgan fingerprint density at radius 1 is 1.38 bits per heavy atom. The minimum absolute atomic E-state index is 0.168. The lowest BCUT2D eigenvalue weighted by molar-refractivity contribution is -0.133. The van der Waals surface area contributed by atoms with Gasteiger partial charge in [-0.15, -0.1) is 0 Å². The van der Waals surface area contributed by atoms with Crippen LogP contribution in [0.25, 0.3) is 10.9 Å². The van der Waals surface area contributed by atoms with Crippen LogP contribution in [0.2, 0.25) is 0 Å². The van der Waals surface area contributed by atoms with E-state index in [-0.39, 0.29) is 18.6 Å². The van der Waals surface area contributed by atoms with Gasteiger partial charge >= 0.3 is 0 Å². The average Bonchev–Trinajstić information content (AvgIpc) is 2.97. The average molecular weight is 330 g/mol. The quantitative estimate of drug-likeness (QED) is 0.800. The van der Waals surface area contributed by atoms with Crippen LogP contribution in [0.15, 0.2) is 24.4 Å². The van der Waals surface area contributed by atoms with Crippen molar-refractivity contribution in [3.8, 4) is 0 Å². The minimum Gasteiger partial charge on any atom is -0.396 e. The normalized spacial score (nSPS) is 16.0. The fraction of sp³-hybridized carbons (Fsp3) is 0.526. The van der Waals surface area contributed by atoms with Gasteiger partial charge in [-0.1, -0.05) is 12.1 Å². The molecule has 5 nitrogen and oxygen atoms in total. The Hall–Kier alpha value is -1.85. The minimum atomic E-state index is 0.168. The van der Waals surface area contributed by atoms with Gasteiger partial charge in [-0.25, -0.2) is 0 Å². The second kappa shape index (κ2) is 7.81. The van der Waals surface area contributed by atoms with E-state index in [2.05, 4.69) is 30.1 Å². The number of piperidine rings is 1. The number of hydrogen-bond donors (Lipinski definition) is 2. The third-order valence-corrected chi connectivity index (χ3v) is 4.72. The predicted molar refractivity (Wildman–Crippen MR) is 94.0 cm³/mol. The summed E-state index contributed by atoms with van der Waals surface area (Å²) in [5, 5.41) is 9.92. The molecule has 0 atom stereocenters. The second-order valence-corrected chi connectivity index (χ2v) is 6.57. The zero-order valence-corrected chi connectivity index (χ0v) is 14.3. The molecule has 24 heavy (non-hydrogen) atoms. The number of aliphatic hydroxyl groups is 1. The fourth-order valence-electron chi connectivity index (χ4n) is 3.31. The Morgan fingerprint density at radius 2 is 2.17 bits per heavy atom. The van der Waals surface area contributed by atoms with Crippen molar-refractivity contribution in [2.75, 3.05) is 26.3 Å². The van der Waals surface area contributed by atoms with Gasteiger partial charge in [0.2, 0.25) is 5.91 Å². The number of ether oxygens (including phenoxy) is 1. The van der Waals surface area contributed by atoms with Gasteiger partial charge in [0, 0.05) is 43.4 Å². The third kappa shape index (κ3) is 3.97. The van der Waals surface area contributed by atoms with Crippen LogP contribution in [-0.2, 0) is 16.0 Å². The van der Waals surface area contributed by atoms with E-state index >= 15 is 0 Å². The number of amides is 1. The Labute approximate surface area is 142 Å². The van der Waals surface area contributed by atoms with Crippen molar-refractivity contribution < 1.29 is 14.6 Å². The molecular formula is C19H26N2O3. The predicted octanol–water partition coefficient (Wildman–Crippen LogP) is 2.41. The van der Waals surface area contributed by atoms with Crippen LogP contribution in [0, 0.1) is 6.92 Å². The van der Waals surface area contributed by atoms with E-state index in [9.17, 15) is 4.79 Å². The molecule has 130 valence electrons. The van der Waals surface area contributed by atoms with Gasteiger partial charge in [0.05, 0.1) is 12.5 Å². The molecule has 5 heteroatoms. The Kier molecular flexibility index (Phi) is 5.53. The summed E-state index contributed by atoms with van der Waals surface area (Å²) in [6.07, 6.45) is 5.05. The topological polar surface area (TPSA) is 65.6 Å². The number of fused-ring (bicyclic) bond motifs is 1. The van der Waals surface area contributed by atoms with Gasteiger partial charge in [-0.3, -0.25) is 4.79 Å². The van der Waals surface area contributed by atoms with Crippen molar-refractivity contribution in [3.63, 3.8) is 0 Å². The van der Waals surface area contributed by atoms with Crippen LogP contribution in [0.5, 0.6) is 0 Å². The molecule has 2 N–H and O–H groups in total. The van der Waals surface area contributed by atoms with Crippen LogP contribution in [0.1, 0.15) is 30.4 Å². The van der Waals surface area contributed by atoms with E-state index in [0.29, 0.717) is 19.4 Å². The van der Waals surface area contributed by atoms with Gasteiger partial charge < -0.3 is 19.7 Å². The van der Waals surface area contributed by atoms with Crippen molar-refractivity contribution in [2.45, 2.75) is 38.7 Å². The van der Waals surface area contributed by atoms with Crippen molar-refractivity contribution in [1.82, 2.24) is 9.88 Å². The van der Waals surface area contributed by atoms with Crippen LogP contribution in [0.3, 0.4) is 0 Å². The van der Waals surface area contributed by atoms with E-state index in [4.69, 9.17) is 9.84 Å². The number of nitrogens with zero attached hydrogens (tertiary/aromatic N) is 1. The van der Waals surface area contributed by atoms with Crippen LogP contribution >= 0.6 is 0 Å². The number of aliphatic hydroxyl groups excluding tert-OH is 1.